The molecule has 16 heavy (non-hydrogen) atoms. The van der Waals surface area contributed by atoms with Gasteiger partial charge in [-0.05, 0) is 25.1 Å². The van der Waals surface area contributed by atoms with E-state index in [1.807, 2.05) is 0 Å². The highest BCUT2D eigenvalue weighted by Crippen LogP contribution is 2.14. The van der Waals surface area contributed by atoms with Crippen LogP contribution in [0.25, 0.3) is 5.69 Å². The van der Waals surface area contributed by atoms with Crippen LogP contribution in [0.4, 0.5) is 4.39 Å². The van der Waals surface area contributed by atoms with E-state index >= 15 is 0 Å². The average molecular weight is 219 g/mol. The minimum atomic E-state index is -0.413. The number of halogens is 1. The van der Waals surface area contributed by atoms with Crippen LogP contribution in [-0.2, 0) is 0 Å². The molecule has 0 amide bonds. The molecular weight excluding hydrogens is 209 g/mol. The van der Waals surface area contributed by atoms with E-state index in [0.717, 1.165) is 0 Å². The molecule has 0 aliphatic carbocycles. The highest BCUT2D eigenvalue weighted by molar-refractivity contribution is 5.98. The van der Waals surface area contributed by atoms with Crippen molar-refractivity contribution in [1.82, 2.24) is 9.78 Å². The van der Waals surface area contributed by atoms with Gasteiger partial charge in [-0.2, -0.15) is 5.10 Å². The van der Waals surface area contributed by atoms with Crippen molar-refractivity contribution in [2.75, 3.05) is 0 Å². The lowest BCUT2D eigenvalue weighted by Crippen LogP contribution is -2.01. The lowest BCUT2D eigenvalue weighted by Gasteiger charge is -2.05. The first kappa shape index (κ1) is 10.4. The molecule has 0 atom stereocenters. The second kappa shape index (κ2) is 4.14. The molecule has 0 saturated carbocycles. The minimum absolute atomic E-state index is 0.361. The SMILES string of the molecule is C/C(=N\O)c1ccc(-n2cccn2)c(F)c1. The maximum atomic E-state index is 13.7. The molecule has 0 aliphatic heterocycles. The Balaban J connectivity index is 2.45. The van der Waals surface area contributed by atoms with Crippen molar-refractivity contribution in [2.24, 2.45) is 5.16 Å². The van der Waals surface area contributed by atoms with Crippen LogP contribution in [0.3, 0.4) is 0 Å². The molecule has 0 fully saturated rings. The Bertz CT molecular complexity index is 520. The van der Waals surface area contributed by atoms with E-state index in [2.05, 4.69) is 10.3 Å². The van der Waals surface area contributed by atoms with Crippen LogP contribution in [0.15, 0.2) is 41.8 Å². The Hall–Kier alpha value is -2.17. The summed E-state index contributed by atoms with van der Waals surface area (Å²) in [7, 11) is 0. The molecule has 0 aliphatic rings. The summed E-state index contributed by atoms with van der Waals surface area (Å²) in [5, 5.41) is 15.5. The monoisotopic (exact) mass is 219 g/mol. The second-order valence-corrected chi connectivity index (χ2v) is 3.30. The fraction of sp³-hybridized carbons (Fsp3) is 0.0909. The maximum absolute atomic E-state index is 13.7. The molecule has 0 radical (unpaired) electrons. The van der Waals surface area contributed by atoms with Crippen LogP contribution < -0.4 is 0 Å². The normalized spacial score (nSPS) is 11.8. The molecule has 0 bridgehead atoms. The third-order valence-corrected chi connectivity index (χ3v) is 2.27. The highest BCUT2D eigenvalue weighted by Gasteiger charge is 2.07. The van der Waals surface area contributed by atoms with Crippen molar-refractivity contribution in [3.05, 3.63) is 48.0 Å². The molecule has 4 nitrogen and oxygen atoms in total. The molecular formula is C11H10FN3O. The molecule has 1 aromatic carbocycles. The van der Waals surface area contributed by atoms with E-state index in [9.17, 15) is 4.39 Å². The molecule has 1 heterocycles. The van der Waals surface area contributed by atoms with Crippen molar-refractivity contribution >= 4 is 5.71 Å². The van der Waals surface area contributed by atoms with Gasteiger partial charge in [0.25, 0.3) is 0 Å². The Morgan fingerprint density at radius 3 is 2.88 bits per heavy atom. The Kier molecular flexibility index (Phi) is 2.68. The third-order valence-electron chi connectivity index (χ3n) is 2.27. The summed E-state index contributed by atoms with van der Waals surface area (Å²) in [6.07, 6.45) is 3.23. The van der Waals surface area contributed by atoms with Crippen LogP contribution >= 0.6 is 0 Å². The van der Waals surface area contributed by atoms with Gasteiger partial charge in [-0.3, -0.25) is 0 Å². The van der Waals surface area contributed by atoms with E-state index in [1.165, 1.54) is 10.7 Å². The molecule has 1 aromatic heterocycles. The van der Waals surface area contributed by atoms with Gasteiger partial charge >= 0.3 is 0 Å². The third kappa shape index (κ3) is 1.79. The summed E-state index contributed by atoms with van der Waals surface area (Å²) in [5.41, 5.74) is 1.27. The van der Waals surface area contributed by atoms with Crippen LogP contribution in [0.2, 0.25) is 0 Å². The summed E-state index contributed by atoms with van der Waals surface area (Å²) in [4.78, 5) is 0. The van der Waals surface area contributed by atoms with Gasteiger partial charge in [0.15, 0.2) is 0 Å². The zero-order valence-electron chi connectivity index (χ0n) is 8.63. The van der Waals surface area contributed by atoms with Crippen molar-refractivity contribution in [3.63, 3.8) is 0 Å². The quantitative estimate of drug-likeness (QED) is 0.478. The van der Waals surface area contributed by atoms with Crippen molar-refractivity contribution in [3.8, 4) is 5.69 Å². The first-order chi connectivity index (χ1) is 7.72. The predicted octanol–water partition coefficient (Wildman–Crippen LogP) is 2.21. The number of hydrogen-bond donors (Lipinski definition) is 1. The van der Waals surface area contributed by atoms with Crippen LogP contribution in [0.5, 0.6) is 0 Å². The van der Waals surface area contributed by atoms with Crippen molar-refractivity contribution in [2.45, 2.75) is 6.92 Å². The molecule has 0 unspecified atom stereocenters. The van der Waals surface area contributed by atoms with Crippen LogP contribution in [0.1, 0.15) is 12.5 Å². The zero-order chi connectivity index (χ0) is 11.5. The van der Waals surface area contributed by atoms with Gasteiger partial charge in [-0.1, -0.05) is 11.2 Å². The van der Waals surface area contributed by atoms with Crippen molar-refractivity contribution < 1.29 is 9.60 Å². The topological polar surface area (TPSA) is 50.4 Å². The maximum Gasteiger partial charge on any atom is 0.149 e. The van der Waals surface area contributed by atoms with Gasteiger partial charge in [-0.15, -0.1) is 0 Å². The largest absolute Gasteiger partial charge is 0.411 e. The van der Waals surface area contributed by atoms with Gasteiger partial charge in [-0.25, -0.2) is 9.07 Å². The minimum Gasteiger partial charge on any atom is -0.411 e. The van der Waals surface area contributed by atoms with Crippen LogP contribution in [-0.4, -0.2) is 20.7 Å². The van der Waals surface area contributed by atoms with E-state index in [4.69, 9.17) is 5.21 Å². The molecule has 2 aromatic rings. The number of benzene rings is 1. The summed E-state index contributed by atoms with van der Waals surface area (Å²) in [5.74, 6) is -0.413. The molecule has 2 rings (SSSR count). The van der Waals surface area contributed by atoms with Gasteiger partial charge in [0, 0.05) is 18.0 Å². The molecule has 1 N–H and O–H groups in total. The van der Waals surface area contributed by atoms with E-state index < -0.39 is 5.82 Å². The smallest absolute Gasteiger partial charge is 0.149 e. The van der Waals surface area contributed by atoms with E-state index in [0.29, 0.717) is 17.0 Å². The molecule has 0 saturated heterocycles. The number of nitrogens with zero attached hydrogens (tertiary/aromatic N) is 3. The molecule has 82 valence electrons. The number of oxime groups is 1. The van der Waals surface area contributed by atoms with Gasteiger partial charge in [0.05, 0.1) is 5.71 Å². The highest BCUT2D eigenvalue weighted by atomic mass is 19.1. The summed E-state index contributed by atoms with van der Waals surface area (Å²) in [6, 6.07) is 6.29. The lowest BCUT2D eigenvalue weighted by molar-refractivity contribution is 0.319. The van der Waals surface area contributed by atoms with Crippen molar-refractivity contribution in [1.29, 1.82) is 0 Å². The van der Waals surface area contributed by atoms with E-state index in [-0.39, 0.29) is 0 Å². The first-order valence-corrected chi connectivity index (χ1v) is 4.71. The lowest BCUT2D eigenvalue weighted by atomic mass is 10.1. The zero-order valence-corrected chi connectivity index (χ0v) is 8.63. The second-order valence-electron chi connectivity index (χ2n) is 3.30. The van der Waals surface area contributed by atoms with E-state index in [1.54, 1.807) is 37.5 Å². The Morgan fingerprint density at radius 1 is 1.50 bits per heavy atom. The summed E-state index contributed by atoms with van der Waals surface area (Å²) >= 11 is 0. The van der Waals surface area contributed by atoms with Gasteiger partial charge in [0.1, 0.15) is 11.5 Å². The Morgan fingerprint density at radius 2 is 2.31 bits per heavy atom. The first-order valence-electron chi connectivity index (χ1n) is 4.71. The average Bonchev–Trinajstić information content (AvgIpc) is 2.81. The fourth-order valence-corrected chi connectivity index (χ4v) is 1.39. The number of hydrogen-bond acceptors (Lipinski definition) is 3. The standard InChI is InChI=1S/C11H10FN3O/c1-8(14-16)9-3-4-11(10(12)7-9)15-6-2-5-13-15/h2-7,16H,1H3/b14-8+. The number of rotatable bonds is 2. The van der Waals surface area contributed by atoms with Gasteiger partial charge < -0.3 is 5.21 Å². The predicted molar refractivity (Wildman–Crippen MR) is 57.5 cm³/mol. The number of aromatic nitrogens is 2. The summed E-state index contributed by atoms with van der Waals surface area (Å²) in [6.45, 7) is 1.60. The van der Waals surface area contributed by atoms with Crippen LogP contribution in [0, 0.1) is 5.82 Å². The summed E-state index contributed by atoms with van der Waals surface area (Å²) < 4.78 is 15.1. The molecule has 0 spiro atoms. The molecule has 5 heteroatoms. The fourth-order valence-electron chi connectivity index (χ4n) is 1.39. The Labute approximate surface area is 91.6 Å². The van der Waals surface area contributed by atoms with Gasteiger partial charge in [0.2, 0.25) is 0 Å².